The van der Waals surface area contributed by atoms with Gasteiger partial charge < -0.3 is 14.8 Å². The summed E-state index contributed by atoms with van der Waals surface area (Å²) in [6.45, 7) is 2.37. The lowest BCUT2D eigenvalue weighted by Gasteiger charge is -2.28. The van der Waals surface area contributed by atoms with Crippen LogP contribution in [0.4, 0.5) is 5.69 Å². The standard InChI is InChI=1S/C28H29NO4/c1-2-32-25-16-20(13-15-24(25)33-28(31)19-9-4-3-5-10-19)23-17-26(30)29-27-21-11-7-6-8-18(21)12-14-22(23)27/h6-8,11-16,19,23H,2-5,9-10,17H2,1H3,(H,29,30). The average molecular weight is 444 g/mol. The van der Waals surface area contributed by atoms with E-state index in [2.05, 4.69) is 17.4 Å². The third-order valence-corrected chi connectivity index (χ3v) is 6.81. The van der Waals surface area contributed by atoms with E-state index in [-0.39, 0.29) is 23.7 Å². The molecule has 1 N–H and O–H groups in total. The molecule has 1 atom stereocenters. The lowest BCUT2D eigenvalue weighted by Crippen LogP contribution is -2.24. The van der Waals surface area contributed by atoms with Gasteiger partial charge in [-0.15, -0.1) is 0 Å². The van der Waals surface area contributed by atoms with Crippen molar-refractivity contribution in [2.45, 2.75) is 51.4 Å². The molecule has 33 heavy (non-hydrogen) atoms. The molecule has 1 amide bonds. The summed E-state index contributed by atoms with van der Waals surface area (Å²) in [5, 5.41) is 5.21. The molecule has 0 spiro atoms. The molecule has 0 saturated heterocycles. The molecule has 1 aliphatic heterocycles. The minimum Gasteiger partial charge on any atom is -0.490 e. The summed E-state index contributed by atoms with van der Waals surface area (Å²) < 4.78 is 11.6. The van der Waals surface area contributed by atoms with Crippen molar-refractivity contribution in [1.82, 2.24) is 0 Å². The predicted molar refractivity (Wildman–Crippen MR) is 129 cm³/mol. The number of fused-ring (bicyclic) bond motifs is 3. The fourth-order valence-electron chi connectivity index (χ4n) is 5.13. The third-order valence-electron chi connectivity index (χ3n) is 6.81. The van der Waals surface area contributed by atoms with Crippen LogP contribution in [0.15, 0.2) is 54.6 Å². The number of ether oxygens (including phenoxy) is 2. The zero-order valence-corrected chi connectivity index (χ0v) is 18.9. The monoisotopic (exact) mass is 443 g/mol. The summed E-state index contributed by atoms with van der Waals surface area (Å²) in [6.07, 6.45) is 5.49. The topological polar surface area (TPSA) is 64.6 Å². The summed E-state index contributed by atoms with van der Waals surface area (Å²) in [6, 6.07) is 18.0. The first kappa shape index (κ1) is 21.5. The van der Waals surface area contributed by atoms with Crippen molar-refractivity contribution in [2.24, 2.45) is 5.92 Å². The van der Waals surface area contributed by atoms with Crippen molar-refractivity contribution in [3.05, 3.63) is 65.7 Å². The average Bonchev–Trinajstić information content (AvgIpc) is 2.85. The Labute approximate surface area is 194 Å². The molecule has 1 aliphatic carbocycles. The number of anilines is 1. The molecule has 5 rings (SSSR count). The van der Waals surface area contributed by atoms with Gasteiger partial charge in [-0.05, 0) is 48.4 Å². The van der Waals surface area contributed by atoms with Gasteiger partial charge in [0.15, 0.2) is 11.5 Å². The Bertz CT molecular complexity index is 1200. The van der Waals surface area contributed by atoms with Gasteiger partial charge >= 0.3 is 5.97 Å². The zero-order chi connectivity index (χ0) is 22.8. The Morgan fingerprint density at radius 1 is 1.00 bits per heavy atom. The third kappa shape index (κ3) is 4.32. The highest BCUT2D eigenvalue weighted by Gasteiger charge is 2.29. The Morgan fingerprint density at radius 2 is 1.82 bits per heavy atom. The Kier molecular flexibility index (Phi) is 6.03. The predicted octanol–water partition coefficient (Wildman–Crippen LogP) is 6.20. The molecule has 1 saturated carbocycles. The number of benzene rings is 3. The van der Waals surface area contributed by atoms with Crippen LogP contribution in [0.25, 0.3) is 10.8 Å². The number of rotatable bonds is 5. The van der Waals surface area contributed by atoms with Crippen LogP contribution in [0.1, 0.15) is 62.5 Å². The number of hydrogen-bond acceptors (Lipinski definition) is 4. The van der Waals surface area contributed by atoms with Crippen molar-refractivity contribution < 1.29 is 19.1 Å². The highest BCUT2D eigenvalue weighted by atomic mass is 16.6. The molecule has 170 valence electrons. The number of esters is 1. The maximum absolute atomic E-state index is 12.7. The van der Waals surface area contributed by atoms with Gasteiger partial charge in [-0.3, -0.25) is 9.59 Å². The quantitative estimate of drug-likeness (QED) is 0.377. The molecular weight excluding hydrogens is 414 g/mol. The maximum Gasteiger partial charge on any atom is 0.314 e. The van der Waals surface area contributed by atoms with Crippen LogP contribution in [0, 0.1) is 5.92 Å². The van der Waals surface area contributed by atoms with Crippen LogP contribution in [0.5, 0.6) is 11.5 Å². The van der Waals surface area contributed by atoms with E-state index < -0.39 is 0 Å². The minimum atomic E-state index is -0.169. The number of carbonyl (C=O) groups excluding carboxylic acids is 2. The van der Waals surface area contributed by atoms with E-state index in [1.54, 1.807) is 0 Å². The van der Waals surface area contributed by atoms with E-state index in [0.717, 1.165) is 53.3 Å². The maximum atomic E-state index is 12.7. The second-order valence-electron chi connectivity index (χ2n) is 8.95. The molecule has 3 aromatic rings. The molecule has 0 bridgehead atoms. The smallest absolute Gasteiger partial charge is 0.314 e. The normalized spacial score (nSPS) is 18.5. The Balaban J connectivity index is 1.48. The lowest BCUT2D eigenvalue weighted by molar-refractivity contribution is -0.140. The molecule has 5 heteroatoms. The van der Waals surface area contributed by atoms with E-state index in [1.165, 1.54) is 6.42 Å². The zero-order valence-electron chi connectivity index (χ0n) is 18.9. The molecule has 5 nitrogen and oxygen atoms in total. The summed E-state index contributed by atoms with van der Waals surface area (Å²) in [7, 11) is 0. The first-order valence-corrected chi connectivity index (χ1v) is 11.9. The Morgan fingerprint density at radius 3 is 2.64 bits per heavy atom. The van der Waals surface area contributed by atoms with Gasteiger partial charge in [0.25, 0.3) is 0 Å². The van der Waals surface area contributed by atoms with E-state index in [4.69, 9.17) is 9.47 Å². The minimum absolute atomic E-state index is 0.00499. The van der Waals surface area contributed by atoms with E-state index in [9.17, 15) is 9.59 Å². The second kappa shape index (κ2) is 9.26. The van der Waals surface area contributed by atoms with E-state index >= 15 is 0 Å². The highest BCUT2D eigenvalue weighted by Crippen LogP contribution is 2.43. The fourth-order valence-corrected chi connectivity index (χ4v) is 5.13. The first-order valence-electron chi connectivity index (χ1n) is 11.9. The summed E-state index contributed by atoms with van der Waals surface area (Å²) in [5.74, 6) is 0.699. The van der Waals surface area contributed by atoms with Gasteiger partial charge in [0.05, 0.1) is 18.2 Å². The van der Waals surface area contributed by atoms with E-state index in [0.29, 0.717) is 24.5 Å². The van der Waals surface area contributed by atoms with Crippen molar-refractivity contribution in [3.8, 4) is 11.5 Å². The second-order valence-corrected chi connectivity index (χ2v) is 8.95. The number of carbonyl (C=O) groups is 2. The molecule has 3 aromatic carbocycles. The summed E-state index contributed by atoms with van der Waals surface area (Å²) in [5.41, 5.74) is 2.94. The molecule has 0 radical (unpaired) electrons. The van der Waals surface area contributed by atoms with Gasteiger partial charge in [0.2, 0.25) is 5.91 Å². The fraction of sp³-hybridized carbons (Fsp3) is 0.357. The van der Waals surface area contributed by atoms with Crippen LogP contribution in [-0.4, -0.2) is 18.5 Å². The first-order chi connectivity index (χ1) is 16.1. The SMILES string of the molecule is CCOc1cc(C2CC(=O)Nc3c2ccc2ccccc32)ccc1OC(=O)C1CCCCC1. The van der Waals surface area contributed by atoms with Crippen molar-refractivity contribution >= 4 is 28.3 Å². The van der Waals surface area contributed by atoms with Crippen LogP contribution >= 0.6 is 0 Å². The number of nitrogens with one attached hydrogen (secondary N) is 1. The summed E-state index contributed by atoms with van der Waals surface area (Å²) >= 11 is 0. The lowest BCUT2D eigenvalue weighted by atomic mass is 9.83. The van der Waals surface area contributed by atoms with Gasteiger partial charge in [0, 0.05) is 17.7 Å². The van der Waals surface area contributed by atoms with Gasteiger partial charge in [-0.1, -0.05) is 61.7 Å². The van der Waals surface area contributed by atoms with Crippen LogP contribution < -0.4 is 14.8 Å². The number of amides is 1. The molecule has 2 aliphatic rings. The number of hydrogen-bond donors (Lipinski definition) is 1. The van der Waals surface area contributed by atoms with Crippen molar-refractivity contribution in [1.29, 1.82) is 0 Å². The van der Waals surface area contributed by atoms with Crippen molar-refractivity contribution in [2.75, 3.05) is 11.9 Å². The van der Waals surface area contributed by atoms with Gasteiger partial charge in [0.1, 0.15) is 0 Å². The Hall–Kier alpha value is -3.34. The van der Waals surface area contributed by atoms with Crippen LogP contribution in [-0.2, 0) is 9.59 Å². The highest BCUT2D eigenvalue weighted by molar-refractivity contribution is 6.06. The largest absolute Gasteiger partial charge is 0.490 e. The van der Waals surface area contributed by atoms with Crippen molar-refractivity contribution in [3.63, 3.8) is 0 Å². The molecule has 0 aromatic heterocycles. The van der Waals surface area contributed by atoms with Crippen LogP contribution in [0.3, 0.4) is 0 Å². The molecule has 1 unspecified atom stereocenters. The molecule has 1 fully saturated rings. The van der Waals surface area contributed by atoms with Gasteiger partial charge in [-0.2, -0.15) is 0 Å². The van der Waals surface area contributed by atoms with Gasteiger partial charge in [-0.25, -0.2) is 0 Å². The molecular formula is C28H29NO4. The van der Waals surface area contributed by atoms with Crippen LogP contribution in [0.2, 0.25) is 0 Å². The molecule has 1 heterocycles. The summed E-state index contributed by atoms with van der Waals surface area (Å²) in [4.78, 5) is 25.4. The van der Waals surface area contributed by atoms with E-state index in [1.807, 2.05) is 49.4 Å².